The molecule has 1 aliphatic heterocycles. The number of hydrogen-bond donors (Lipinski definition) is 2. The topological polar surface area (TPSA) is 82.9 Å². The summed E-state index contributed by atoms with van der Waals surface area (Å²) >= 11 is 1.21. The van der Waals surface area contributed by atoms with Crippen molar-refractivity contribution in [3.05, 3.63) is 46.0 Å². The minimum atomic E-state index is 0.206. The molecule has 0 fully saturated rings. The lowest BCUT2D eigenvalue weighted by Crippen LogP contribution is -1.98. The second-order valence-electron chi connectivity index (χ2n) is 3.84. The highest BCUT2D eigenvalue weighted by Crippen LogP contribution is 2.36. The van der Waals surface area contributed by atoms with E-state index in [1.165, 1.54) is 11.8 Å². The molecule has 0 amide bonds. The first-order chi connectivity index (χ1) is 9.15. The molecule has 0 spiro atoms. The molecule has 0 bridgehead atoms. The van der Waals surface area contributed by atoms with Gasteiger partial charge < -0.3 is 10.5 Å². The lowest BCUT2D eigenvalue weighted by Gasteiger charge is -2.03. The van der Waals surface area contributed by atoms with Crippen LogP contribution in [0, 0.1) is 16.7 Å². The van der Waals surface area contributed by atoms with Gasteiger partial charge in [-0.15, -0.1) is 0 Å². The zero-order chi connectivity index (χ0) is 13.8. The zero-order valence-electron chi connectivity index (χ0n) is 10.4. The van der Waals surface area contributed by atoms with E-state index in [2.05, 4.69) is 0 Å². The molecule has 96 valence electrons. The van der Waals surface area contributed by atoms with Gasteiger partial charge in [0, 0.05) is 4.91 Å². The number of nitrogens with two attached hydrogens (primary N) is 1. The van der Waals surface area contributed by atoms with Crippen LogP contribution in [0.5, 0.6) is 5.75 Å². The van der Waals surface area contributed by atoms with E-state index in [0.29, 0.717) is 12.3 Å². The summed E-state index contributed by atoms with van der Waals surface area (Å²) in [4.78, 5) is 0.741. The highest BCUT2D eigenvalue weighted by atomic mass is 32.2. The summed E-state index contributed by atoms with van der Waals surface area (Å²) in [5.74, 6) is 0.817. The lowest BCUT2D eigenvalue weighted by molar-refractivity contribution is 0.340. The van der Waals surface area contributed by atoms with E-state index in [0.717, 1.165) is 16.2 Å². The van der Waals surface area contributed by atoms with Crippen molar-refractivity contribution < 1.29 is 4.74 Å². The van der Waals surface area contributed by atoms with E-state index >= 15 is 0 Å². The van der Waals surface area contributed by atoms with E-state index in [4.69, 9.17) is 21.1 Å². The van der Waals surface area contributed by atoms with E-state index in [1.807, 2.05) is 43.3 Å². The van der Waals surface area contributed by atoms with Crippen LogP contribution >= 0.6 is 11.8 Å². The Morgan fingerprint density at radius 1 is 1.42 bits per heavy atom. The molecule has 0 aliphatic carbocycles. The SMILES string of the molecule is CCOc1ccc(/C=C2/SC(=N)C(C#N)=C2N)cc1. The van der Waals surface area contributed by atoms with Gasteiger partial charge in [0.15, 0.2) is 0 Å². The van der Waals surface area contributed by atoms with Crippen LogP contribution in [0.2, 0.25) is 0 Å². The molecule has 0 saturated heterocycles. The van der Waals surface area contributed by atoms with Crippen molar-refractivity contribution >= 4 is 22.9 Å². The first-order valence-electron chi connectivity index (χ1n) is 5.77. The van der Waals surface area contributed by atoms with Crippen LogP contribution in [0.1, 0.15) is 12.5 Å². The first kappa shape index (κ1) is 13.2. The maximum Gasteiger partial charge on any atom is 0.119 e. The smallest absolute Gasteiger partial charge is 0.119 e. The summed E-state index contributed by atoms with van der Waals surface area (Å²) in [5.41, 5.74) is 7.44. The van der Waals surface area contributed by atoms with Crippen molar-refractivity contribution in [1.29, 1.82) is 10.7 Å². The standard InChI is InChI=1S/C14H13N3OS/c1-2-18-10-5-3-9(4-6-10)7-12-13(16)11(8-15)14(17)19-12/h3-7,17H,2,16H2,1H3/b12-7+,17-14?. The molecule has 1 heterocycles. The maximum atomic E-state index is 8.90. The van der Waals surface area contributed by atoms with Crippen LogP contribution in [0.4, 0.5) is 0 Å². The molecule has 2 rings (SSSR count). The molecule has 4 nitrogen and oxygen atoms in total. The Hall–Kier alpha value is -2.19. The van der Waals surface area contributed by atoms with Gasteiger partial charge in [-0.3, -0.25) is 5.41 Å². The van der Waals surface area contributed by atoms with Gasteiger partial charge in [0.05, 0.1) is 12.3 Å². The van der Waals surface area contributed by atoms with Gasteiger partial charge >= 0.3 is 0 Å². The third-order valence-corrected chi connectivity index (χ3v) is 3.54. The van der Waals surface area contributed by atoms with Gasteiger partial charge in [0.1, 0.15) is 22.4 Å². The Balaban J connectivity index is 2.26. The summed E-state index contributed by atoms with van der Waals surface area (Å²) in [6.45, 7) is 2.57. The van der Waals surface area contributed by atoms with Crippen molar-refractivity contribution in [3.8, 4) is 11.8 Å². The fraction of sp³-hybridized carbons (Fsp3) is 0.143. The predicted octanol–water partition coefficient (Wildman–Crippen LogP) is 2.89. The molecule has 0 unspecified atom stereocenters. The fourth-order valence-electron chi connectivity index (χ4n) is 1.66. The number of ether oxygens (including phenoxy) is 1. The highest BCUT2D eigenvalue weighted by molar-refractivity contribution is 8.18. The van der Waals surface area contributed by atoms with Crippen LogP contribution in [0.15, 0.2) is 40.4 Å². The van der Waals surface area contributed by atoms with Gasteiger partial charge in [0.2, 0.25) is 0 Å². The number of nitrogens with zero attached hydrogens (tertiary/aromatic N) is 1. The van der Waals surface area contributed by atoms with Crippen molar-refractivity contribution in [2.24, 2.45) is 5.73 Å². The molecular weight excluding hydrogens is 258 g/mol. The third-order valence-electron chi connectivity index (χ3n) is 2.57. The van der Waals surface area contributed by atoms with Crippen molar-refractivity contribution in [3.63, 3.8) is 0 Å². The molecule has 5 heteroatoms. The number of benzene rings is 1. The van der Waals surface area contributed by atoms with E-state index in [-0.39, 0.29) is 10.6 Å². The molecule has 1 aliphatic rings. The van der Waals surface area contributed by atoms with Gasteiger partial charge in [-0.05, 0) is 30.7 Å². The Kier molecular flexibility index (Phi) is 3.93. The second-order valence-corrected chi connectivity index (χ2v) is 4.89. The number of nitriles is 1. The number of hydrogen-bond acceptors (Lipinski definition) is 5. The largest absolute Gasteiger partial charge is 0.494 e. The van der Waals surface area contributed by atoms with Crippen LogP contribution in [-0.4, -0.2) is 11.7 Å². The van der Waals surface area contributed by atoms with E-state index < -0.39 is 0 Å². The molecule has 1 aromatic rings. The van der Waals surface area contributed by atoms with E-state index in [1.54, 1.807) is 0 Å². The van der Waals surface area contributed by atoms with Gasteiger partial charge in [-0.1, -0.05) is 23.9 Å². The minimum Gasteiger partial charge on any atom is -0.494 e. The van der Waals surface area contributed by atoms with Gasteiger partial charge in [-0.2, -0.15) is 5.26 Å². The monoisotopic (exact) mass is 271 g/mol. The summed E-state index contributed by atoms with van der Waals surface area (Å²) in [7, 11) is 0. The summed E-state index contributed by atoms with van der Waals surface area (Å²) in [6.07, 6.45) is 1.87. The molecular formula is C14H13N3OS. The average Bonchev–Trinajstić information content (AvgIpc) is 2.67. The Morgan fingerprint density at radius 3 is 2.63 bits per heavy atom. The van der Waals surface area contributed by atoms with Crippen molar-refractivity contribution in [2.75, 3.05) is 6.61 Å². The Morgan fingerprint density at radius 2 is 2.11 bits per heavy atom. The van der Waals surface area contributed by atoms with Crippen LogP contribution in [0.3, 0.4) is 0 Å². The normalized spacial score (nSPS) is 16.8. The quantitative estimate of drug-likeness (QED) is 0.885. The minimum absolute atomic E-state index is 0.206. The van der Waals surface area contributed by atoms with Gasteiger partial charge in [-0.25, -0.2) is 0 Å². The Bertz CT molecular complexity index is 609. The predicted molar refractivity (Wildman–Crippen MR) is 77.7 cm³/mol. The van der Waals surface area contributed by atoms with E-state index in [9.17, 15) is 0 Å². The fourth-order valence-corrected chi connectivity index (χ4v) is 2.54. The molecule has 0 aromatic heterocycles. The van der Waals surface area contributed by atoms with Crippen LogP contribution < -0.4 is 10.5 Å². The molecule has 0 saturated carbocycles. The zero-order valence-corrected chi connectivity index (χ0v) is 11.3. The molecule has 1 aromatic carbocycles. The third kappa shape index (κ3) is 2.80. The summed E-state index contributed by atoms with van der Waals surface area (Å²) < 4.78 is 5.37. The number of thioether (sulfide) groups is 1. The van der Waals surface area contributed by atoms with Crippen molar-refractivity contribution in [2.45, 2.75) is 6.92 Å². The average molecular weight is 271 g/mol. The molecule has 19 heavy (non-hydrogen) atoms. The van der Waals surface area contributed by atoms with Crippen LogP contribution in [0.25, 0.3) is 6.08 Å². The van der Waals surface area contributed by atoms with Gasteiger partial charge in [0.25, 0.3) is 0 Å². The second kappa shape index (κ2) is 5.63. The highest BCUT2D eigenvalue weighted by Gasteiger charge is 2.23. The first-order valence-corrected chi connectivity index (χ1v) is 6.59. The number of nitrogens with one attached hydrogen (secondary N) is 1. The summed E-state index contributed by atoms with van der Waals surface area (Å²) in [6, 6.07) is 9.55. The lowest BCUT2D eigenvalue weighted by atomic mass is 10.1. The molecule has 0 atom stereocenters. The van der Waals surface area contributed by atoms with Crippen molar-refractivity contribution in [1.82, 2.24) is 0 Å². The maximum absolute atomic E-state index is 8.90. The number of rotatable bonds is 3. The molecule has 0 radical (unpaired) electrons. The van der Waals surface area contributed by atoms with Crippen LogP contribution in [-0.2, 0) is 0 Å². The Labute approximate surface area is 116 Å². The molecule has 3 N–H and O–H groups in total. The summed E-state index contributed by atoms with van der Waals surface area (Å²) in [5, 5.41) is 16.8.